The van der Waals surface area contributed by atoms with E-state index in [1.54, 1.807) is 6.92 Å². The number of hydrogen-bond donors (Lipinski definition) is 2. The minimum absolute atomic E-state index is 0.227. The molecule has 1 aromatic carbocycles. The molecule has 2 aromatic rings. The molecule has 0 radical (unpaired) electrons. The van der Waals surface area contributed by atoms with Crippen molar-refractivity contribution in [1.29, 1.82) is 0 Å². The fourth-order valence-electron chi connectivity index (χ4n) is 2.16. The number of halogens is 3. The molecule has 0 aliphatic rings. The largest absolute Gasteiger partial charge is 0.434 e. The van der Waals surface area contributed by atoms with Gasteiger partial charge >= 0.3 is 6.18 Å². The molecule has 4 nitrogen and oxygen atoms in total. The Labute approximate surface area is 141 Å². The maximum atomic E-state index is 12.6. The first-order chi connectivity index (χ1) is 11.3. The van der Waals surface area contributed by atoms with Gasteiger partial charge in [0.15, 0.2) is 5.69 Å². The van der Waals surface area contributed by atoms with E-state index in [1.807, 2.05) is 30.3 Å². The van der Waals surface area contributed by atoms with Crippen LogP contribution >= 0.6 is 11.3 Å². The number of rotatable bonds is 6. The summed E-state index contributed by atoms with van der Waals surface area (Å²) < 4.78 is 37.9. The molecular weight excluding hydrogens is 339 g/mol. The van der Waals surface area contributed by atoms with Gasteiger partial charge in [0.05, 0.1) is 12.1 Å². The Morgan fingerprint density at radius 2 is 2.00 bits per heavy atom. The van der Waals surface area contributed by atoms with Crippen LogP contribution in [0.4, 0.5) is 13.2 Å². The molecule has 24 heavy (non-hydrogen) atoms. The van der Waals surface area contributed by atoms with E-state index >= 15 is 0 Å². The van der Waals surface area contributed by atoms with E-state index in [9.17, 15) is 18.0 Å². The Kier molecular flexibility index (Phi) is 5.95. The molecule has 0 aliphatic heterocycles. The number of nitrogens with one attached hydrogen (secondary N) is 1. The van der Waals surface area contributed by atoms with Crippen LogP contribution in [0.15, 0.2) is 35.7 Å². The van der Waals surface area contributed by atoms with Crippen molar-refractivity contribution >= 4 is 17.2 Å². The van der Waals surface area contributed by atoms with E-state index in [2.05, 4.69) is 10.3 Å². The normalized spacial score (nSPS) is 14.2. The lowest BCUT2D eigenvalue weighted by atomic mass is 10.1. The van der Waals surface area contributed by atoms with Gasteiger partial charge in [-0.1, -0.05) is 37.3 Å². The lowest BCUT2D eigenvalue weighted by Crippen LogP contribution is -2.43. The average molecular weight is 357 g/mol. The third kappa shape index (κ3) is 4.78. The van der Waals surface area contributed by atoms with Gasteiger partial charge in [-0.3, -0.25) is 4.79 Å². The summed E-state index contributed by atoms with van der Waals surface area (Å²) in [6.07, 6.45) is -3.70. The van der Waals surface area contributed by atoms with Gasteiger partial charge in [0, 0.05) is 5.38 Å². The summed E-state index contributed by atoms with van der Waals surface area (Å²) in [5.41, 5.74) is 5.87. The molecule has 8 heteroatoms. The minimum Gasteiger partial charge on any atom is -0.346 e. The van der Waals surface area contributed by atoms with E-state index in [1.165, 1.54) is 0 Å². The Morgan fingerprint density at radius 1 is 1.33 bits per heavy atom. The second-order valence-corrected chi connectivity index (χ2v) is 6.22. The standard InChI is InChI=1S/C16H18F3N3OS/c1-2-12(15-22-13(9-24-15)16(17,18)19)21-14(23)11(20)8-10-6-4-3-5-7-10/h3-7,9,11-12H,2,8,20H2,1H3,(H,21,23)/t11-,12?/m0/s1. The second kappa shape index (κ2) is 7.76. The van der Waals surface area contributed by atoms with Crippen LogP contribution in [0.25, 0.3) is 0 Å². The molecule has 1 heterocycles. The second-order valence-electron chi connectivity index (χ2n) is 5.33. The van der Waals surface area contributed by atoms with Gasteiger partial charge in [-0.05, 0) is 18.4 Å². The Morgan fingerprint density at radius 3 is 2.54 bits per heavy atom. The lowest BCUT2D eigenvalue weighted by molar-refractivity contribution is -0.140. The lowest BCUT2D eigenvalue weighted by Gasteiger charge is -2.18. The molecule has 0 saturated carbocycles. The summed E-state index contributed by atoms with van der Waals surface area (Å²) in [4.78, 5) is 15.8. The van der Waals surface area contributed by atoms with Crippen molar-refractivity contribution in [3.05, 3.63) is 52.0 Å². The molecular formula is C16H18F3N3OS. The zero-order valence-electron chi connectivity index (χ0n) is 13.0. The Balaban J connectivity index is 2.01. The van der Waals surface area contributed by atoms with Crippen molar-refractivity contribution < 1.29 is 18.0 Å². The molecule has 130 valence electrons. The van der Waals surface area contributed by atoms with Crippen molar-refractivity contribution in [3.8, 4) is 0 Å². The zero-order chi connectivity index (χ0) is 17.7. The van der Waals surface area contributed by atoms with Gasteiger partial charge in [-0.2, -0.15) is 13.2 Å². The molecule has 1 aromatic heterocycles. The number of nitrogens with two attached hydrogens (primary N) is 1. The first kappa shape index (κ1) is 18.4. The van der Waals surface area contributed by atoms with Gasteiger partial charge in [-0.25, -0.2) is 4.98 Å². The maximum Gasteiger partial charge on any atom is 0.434 e. The fraction of sp³-hybridized carbons (Fsp3) is 0.375. The summed E-state index contributed by atoms with van der Waals surface area (Å²) in [7, 11) is 0. The van der Waals surface area contributed by atoms with Crippen LogP contribution in [-0.2, 0) is 17.4 Å². The summed E-state index contributed by atoms with van der Waals surface area (Å²) in [5, 5.41) is 3.86. The highest BCUT2D eigenvalue weighted by Gasteiger charge is 2.34. The molecule has 3 N–H and O–H groups in total. The predicted molar refractivity (Wildman–Crippen MR) is 86.4 cm³/mol. The number of hydrogen-bond acceptors (Lipinski definition) is 4. The molecule has 0 aliphatic carbocycles. The fourth-order valence-corrected chi connectivity index (χ4v) is 3.12. The van der Waals surface area contributed by atoms with E-state index in [0.717, 1.165) is 22.3 Å². The third-order valence-corrected chi connectivity index (χ3v) is 4.43. The van der Waals surface area contributed by atoms with Crippen LogP contribution in [0.2, 0.25) is 0 Å². The maximum absolute atomic E-state index is 12.6. The molecule has 0 spiro atoms. The van der Waals surface area contributed by atoms with Gasteiger partial charge in [0.1, 0.15) is 5.01 Å². The van der Waals surface area contributed by atoms with Crippen LogP contribution in [0.3, 0.4) is 0 Å². The Hall–Kier alpha value is -1.93. The summed E-state index contributed by atoms with van der Waals surface area (Å²) in [6, 6.07) is 7.93. The molecule has 2 atom stereocenters. The number of benzene rings is 1. The highest BCUT2D eigenvalue weighted by Crippen LogP contribution is 2.32. The van der Waals surface area contributed by atoms with Gasteiger partial charge in [-0.15, -0.1) is 11.3 Å². The summed E-state index contributed by atoms with van der Waals surface area (Å²) in [6.45, 7) is 1.77. The van der Waals surface area contributed by atoms with Crippen LogP contribution in [0.1, 0.15) is 35.7 Å². The highest BCUT2D eigenvalue weighted by molar-refractivity contribution is 7.09. The molecule has 1 unspecified atom stereocenters. The number of nitrogens with zero attached hydrogens (tertiary/aromatic N) is 1. The first-order valence-electron chi connectivity index (χ1n) is 7.43. The molecule has 0 fully saturated rings. The number of aromatic nitrogens is 1. The highest BCUT2D eigenvalue weighted by atomic mass is 32.1. The monoisotopic (exact) mass is 357 g/mol. The average Bonchev–Trinajstić information content (AvgIpc) is 3.03. The summed E-state index contributed by atoms with van der Waals surface area (Å²) >= 11 is 0.880. The van der Waals surface area contributed by atoms with Crippen molar-refractivity contribution in [2.75, 3.05) is 0 Å². The SMILES string of the molecule is CCC(NC(=O)[C@@H](N)Cc1ccccc1)c1nc(C(F)(F)F)cs1. The van der Waals surface area contributed by atoms with E-state index in [4.69, 9.17) is 5.73 Å². The smallest absolute Gasteiger partial charge is 0.346 e. The van der Waals surface area contributed by atoms with Crippen LogP contribution in [0, 0.1) is 0 Å². The van der Waals surface area contributed by atoms with Crippen LogP contribution < -0.4 is 11.1 Å². The topological polar surface area (TPSA) is 68.0 Å². The molecule has 2 rings (SSSR count). The first-order valence-corrected chi connectivity index (χ1v) is 8.31. The van der Waals surface area contributed by atoms with E-state index in [-0.39, 0.29) is 5.01 Å². The number of carbonyl (C=O) groups excluding carboxylic acids is 1. The van der Waals surface area contributed by atoms with Crippen molar-refractivity contribution in [2.24, 2.45) is 5.73 Å². The van der Waals surface area contributed by atoms with E-state index in [0.29, 0.717) is 12.8 Å². The van der Waals surface area contributed by atoms with Gasteiger partial charge < -0.3 is 11.1 Å². The third-order valence-electron chi connectivity index (χ3n) is 3.47. The van der Waals surface area contributed by atoms with Gasteiger partial charge in [0.25, 0.3) is 0 Å². The molecule has 1 amide bonds. The quantitative estimate of drug-likeness (QED) is 0.833. The van der Waals surface area contributed by atoms with Crippen molar-refractivity contribution in [3.63, 3.8) is 0 Å². The van der Waals surface area contributed by atoms with Crippen molar-refractivity contribution in [2.45, 2.75) is 38.0 Å². The number of carbonyl (C=O) groups is 1. The number of thiazole rings is 1. The Bertz CT molecular complexity index is 673. The molecule has 0 saturated heterocycles. The van der Waals surface area contributed by atoms with Gasteiger partial charge in [0.2, 0.25) is 5.91 Å². The minimum atomic E-state index is -4.49. The van der Waals surface area contributed by atoms with E-state index < -0.39 is 29.9 Å². The summed E-state index contributed by atoms with van der Waals surface area (Å²) in [5.74, 6) is -0.408. The number of alkyl halides is 3. The predicted octanol–water partition coefficient (Wildman–Crippen LogP) is 3.30. The van der Waals surface area contributed by atoms with Crippen LogP contribution in [-0.4, -0.2) is 16.9 Å². The van der Waals surface area contributed by atoms with Crippen molar-refractivity contribution in [1.82, 2.24) is 10.3 Å². The number of amides is 1. The molecule has 0 bridgehead atoms. The zero-order valence-corrected chi connectivity index (χ0v) is 13.8. The van der Waals surface area contributed by atoms with Crippen LogP contribution in [0.5, 0.6) is 0 Å².